The summed E-state index contributed by atoms with van der Waals surface area (Å²) >= 11 is 12.1. The topological polar surface area (TPSA) is 52.0 Å². The van der Waals surface area contributed by atoms with Crippen molar-refractivity contribution in [2.24, 2.45) is 0 Å². The summed E-state index contributed by atoms with van der Waals surface area (Å²) in [7, 11) is 0. The highest BCUT2D eigenvalue weighted by molar-refractivity contribution is 6.31. The van der Waals surface area contributed by atoms with Crippen LogP contribution in [0.25, 0.3) is 5.70 Å². The van der Waals surface area contributed by atoms with Crippen molar-refractivity contribution in [1.82, 2.24) is 14.8 Å². The number of hydrogen-bond acceptors (Lipinski definition) is 4. The van der Waals surface area contributed by atoms with E-state index in [0.29, 0.717) is 27.3 Å². The number of allylic oxidation sites excluding steroid dienone is 1. The van der Waals surface area contributed by atoms with Gasteiger partial charge >= 0.3 is 6.61 Å². The van der Waals surface area contributed by atoms with Crippen molar-refractivity contribution in [3.8, 4) is 5.75 Å². The van der Waals surface area contributed by atoms with Crippen LogP contribution in [0.15, 0.2) is 54.9 Å². The molecule has 9 heteroatoms. The van der Waals surface area contributed by atoms with Crippen LogP contribution in [0.4, 0.5) is 14.7 Å². The molecule has 138 valence electrons. The maximum atomic E-state index is 12.8. The predicted molar refractivity (Wildman–Crippen MR) is 99.3 cm³/mol. The second-order valence-corrected chi connectivity index (χ2v) is 6.63. The lowest BCUT2D eigenvalue weighted by atomic mass is 10.0. The van der Waals surface area contributed by atoms with Gasteiger partial charge in [0.15, 0.2) is 0 Å². The second kappa shape index (κ2) is 7.17. The molecule has 1 aromatic heterocycles. The molecule has 0 amide bonds. The maximum Gasteiger partial charge on any atom is 0.387 e. The molecule has 0 aliphatic carbocycles. The maximum absolute atomic E-state index is 12.8. The van der Waals surface area contributed by atoms with Crippen LogP contribution in [-0.4, -0.2) is 21.4 Å². The Kier molecular flexibility index (Phi) is 4.72. The van der Waals surface area contributed by atoms with Crippen LogP contribution in [0.2, 0.25) is 10.0 Å². The van der Waals surface area contributed by atoms with Crippen LogP contribution in [0, 0.1) is 0 Å². The van der Waals surface area contributed by atoms with Crippen molar-refractivity contribution in [1.29, 1.82) is 0 Å². The number of ether oxygens (including phenoxy) is 1. The number of alkyl halides is 2. The Morgan fingerprint density at radius 1 is 1.11 bits per heavy atom. The minimum Gasteiger partial charge on any atom is -0.434 e. The van der Waals surface area contributed by atoms with Crippen LogP contribution >= 0.6 is 23.2 Å². The molecule has 5 nitrogen and oxygen atoms in total. The second-order valence-electron chi connectivity index (χ2n) is 5.75. The molecule has 4 rings (SSSR count). The first-order valence-corrected chi connectivity index (χ1v) is 8.65. The largest absolute Gasteiger partial charge is 0.434 e. The molecule has 1 aliphatic heterocycles. The predicted octanol–water partition coefficient (Wildman–Crippen LogP) is 5.24. The smallest absolute Gasteiger partial charge is 0.387 e. The van der Waals surface area contributed by atoms with Gasteiger partial charge in [0.1, 0.15) is 18.1 Å². The molecule has 1 aliphatic rings. The Hall–Kier alpha value is -2.64. The van der Waals surface area contributed by atoms with E-state index < -0.39 is 6.61 Å². The van der Waals surface area contributed by atoms with Gasteiger partial charge in [-0.1, -0.05) is 35.3 Å². The number of nitrogens with zero attached hydrogens (tertiary/aromatic N) is 3. The van der Waals surface area contributed by atoms with Gasteiger partial charge in [-0.05, 0) is 42.0 Å². The van der Waals surface area contributed by atoms with Gasteiger partial charge < -0.3 is 10.1 Å². The van der Waals surface area contributed by atoms with E-state index in [9.17, 15) is 8.78 Å². The van der Waals surface area contributed by atoms with Crippen molar-refractivity contribution >= 4 is 34.8 Å². The van der Waals surface area contributed by atoms with Crippen LogP contribution < -0.4 is 10.1 Å². The van der Waals surface area contributed by atoms with E-state index in [1.165, 1.54) is 12.4 Å². The number of benzene rings is 2. The molecule has 2 heterocycles. The van der Waals surface area contributed by atoms with E-state index in [1.807, 2.05) is 24.3 Å². The van der Waals surface area contributed by atoms with Gasteiger partial charge in [-0.2, -0.15) is 18.9 Å². The SMILES string of the molecule is FC(F)Oc1cc(Cl)ccc1C1=CC(c2cccc(Cl)c2)n2ncnc2N1. The molecule has 0 bridgehead atoms. The van der Waals surface area contributed by atoms with Crippen LogP contribution in [0.1, 0.15) is 17.2 Å². The first-order chi connectivity index (χ1) is 13.0. The summed E-state index contributed by atoms with van der Waals surface area (Å²) in [4.78, 5) is 4.19. The first kappa shape index (κ1) is 17.8. The van der Waals surface area contributed by atoms with E-state index in [4.69, 9.17) is 23.2 Å². The molecule has 0 spiro atoms. The van der Waals surface area contributed by atoms with Crippen LogP contribution in [-0.2, 0) is 0 Å². The third kappa shape index (κ3) is 3.61. The highest BCUT2D eigenvalue weighted by Crippen LogP contribution is 2.37. The third-order valence-corrected chi connectivity index (χ3v) is 4.52. The molecule has 0 fully saturated rings. The Labute approximate surface area is 163 Å². The molecule has 3 aromatic rings. The number of rotatable bonds is 4. The molecular weight excluding hydrogens is 397 g/mol. The van der Waals surface area contributed by atoms with E-state index in [0.717, 1.165) is 5.56 Å². The van der Waals surface area contributed by atoms with Crippen molar-refractivity contribution in [2.75, 3.05) is 5.32 Å². The number of hydrogen-bond donors (Lipinski definition) is 1. The highest BCUT2D eigenvalue weighted by atomic mass is 35.5. The van der Waals surface area contributed by atoms with Crippen LogP contribution in [0.3, 0.4) is 0 Å². The molecule has 0 saturated carbocycles. The Morgan fingerprint density at radius 2 is 1.93 bits per heavy atom. The average Bonchev–Trinajstić information content (AvgIpc) is 3.09. The normalized spacial score (nSPS) is 15.9. The molecular formula is C18H12Cl2F2N4O. The van der Waals surface area contributed by atoms with Gasteiger partial charge in [0.2, 0.25) is 5.95 Å². The molecule has 1 unspecified atom stereocenters. The van der Waals surface area contributed by atoms with Crippen molar-refractivity contribution in [3.05, 3.63) is 76.0 Å². The highest BCUT2D eigenvalue weighted by Gasteiger charge is 2.25. The zero-order valence-corrected chi connectivity index (χ0v) is 15.1. The minimum atomic E-state index is -2.97. The van der Waals surface area contributed by atoms with E-state index in [1.54, 1.807) is 22.9 Å². The Morgan fingerprint density at radius 3 is 2.70 bits per heavy atom. The molecule has 2 aromatic carbocycles. The quantitative estimate of drug-likeness (QED) is 0.640. The van der Waals surface area contributed by atoms with Gasteiger partial charge in [0.05, 0.1) is 5.70 Å². The van der Waals surface area contributed by atoms with E-state index in [2.05, 4.69) is 20.1 Å². The lowest BCUT2D eigenvalue weighted by molar-refractivity contribution is -0.0500. The monoisotopic (exact) mass is 408 g/mol. The summed E-state index contributed by atoms with van der Waals surface area (Å²) in [5.41, 5.74) is 1.85. The summed E-state index contributed by atoms with van der Waals surface area (Å²) in [5.74, 6) is 0.435. The Balaban J connectivity index is 1.82. The van der Waals surface area contributed by atoms with Crippen molar-refractivity contribution < 1.29 is 13.5 Å². The van der Waals surface area contributed by atoms with Crippen molar-refractivity contribution in [2.45, 2.75) is 12.7 Å². The number of aromatic nitrogens is 3. The lowest BCUT2D eigenvalue weighted by Gasteiger charge is -2.25. The zero-order valence-electron chi connectivity index (χ0n) is 13.6. The molecule has 0 radical (unpaired) electrons. The van der Waals surface area contributed by atoms with Crippen molar-refractivity contribution in [3.63, 3.8) is 0 Å². The third-order valence-electron chi connectivity index (χ3n) is 4.05. The summed E-state index contributed by atoms with van der Waals surface area (Å²) in [6.07, 6.45) is 3.25. The fourth-order valence-electron chi connectivity index (χ4n) is 2.93. The van der Waals surface area contributed by atoms with Crippen LogP contribution in [0.5, 0.6) is 5.75 Å². The van der Waals surface area contributed by atoms with E-state index >= 15 is 0 Å². The first-order valence-electron chi connectivity index (χ1n) is 7.90. The lowest BCUT2D eigenvalue weighted by Crippen LogP contribution is -2.20. The fraction of sp³-hybridized carbons (Fsp3) is 0.111. The standard InChI is InChI=1S/C18H12Cl2F2N4O/c19-11-3-1-2-10(6-11)15-8-14(25-18-23-9-24-26(15)18)13-5-4-12(20)7-16(13)27-17(21)22/h1-9,15,17H,(H,23,24,25). The summed E-state index contributed by atoms with van der Waals surface area (Å²) in [6, 6.07) is 11.6. The number of anilines is 1. The number of halogens is 4. The summed E-state index contributed by atoms with van der Waals surface area (Å²) in [6.45, 7) is -2.97. The summed E-state index contributed by atoms with van der Waals surface area (Å²) in [5, 5.41) is 8.20. The average molecular weight is 409 g/mol. The number of nitrogens with one attached hydrogen (secondary N) is 1. The minimum absolute atomic E-state index is 0.0333. The molecule has 1 atom stereocenters. The number of fused-ring (bicyclic) bond motifs is 1. The van der Waals surface area contributed by atoms with Gasteiger partial charge in [0.25, 0.3) is 0 Å². The summed E-state index contributed by atoms with van der Waals surface area (Å²) < 4.78 is 32.0. The van der Waals surface area contributed by atoms with E-state index in [-0.39, 0.29) is 11.8 Å². The van der Waals surface area contributed by atoms with Gasteiger partial charge in [-0.15, -0.1) is 0 Å². The van der Waals surface area contributed by atoms with Gasteiger partial charge in [0, 0.05) is 15.6 Å². The molecule has 0 saturated heterocycles. The molecule has 27 heavy (non-hydrogen) atoms. The fourth-order valence-corrected chi connectivity index (χ4v) is 3.29. The van der Waals surface area contributed by atoms with Gasteiger partial charge in [-0.25, -0.2) is 4.68 Å². The van der Waals surface area contributed by atoms with Gasteiger partial charge in [-0.3, -0.25) is 0 Å². The molecule has 1 N–H and O–H groups in total. The zero-order chi connectivity index (χ0) is 19.0. The Bertz CT molecular complexity index is 1020.